The molecule has 4 rings (SSSR count). The maximum absolute atomic E-state index is 12.3. The number of amides is 1. The maximum atomic E-state index is 12.3. The minimum Gasteiger partial charge on any atom is -0.399 e. The molecule has 1 amide bonds. The number of aryl methyl sites for hydroxylation is 1. The molecule has 0 atom stereocenters. The minimum absolute atomic E-state index is 0. The molecule has 28 heavy (non-hydrogen) atoms. The molecule has 150 valence electrons. The average Bonchev–Trinajstić information content (AvgIpc) is 3.30. The van der Waals surface area contributed by atoms with Crippen LogP contribution in [0.3, 0.4) is 0 Å². The summed E-state index contributed by atoms with van der Waals surface area (Å²) in [6.45, 7) is 2.18. The number of rotatable bonds is 5. The molecule has 1 saturated heterocycles. The Morgan fingerprint density at radius 3 is 2.64 bits per heavy atom. The highest BCUT2D eigenvalue weighted by Crippen LogP contribution is 2.32. The molecule has 0 bridgehead atoms. The van der Waals surface area contributed by atoms with Gasteiger partial charge in [0.2, 0.25) is 5.91 Å². The zero-order valence-corrected chi connectivity index (χ0v) is 17.8. The van der Waals surface area contributed by atoms with E-state index in [9.17, 15) is 4.79 Å². The second-order valence-corrected chi connectivity index (χ2v) is 7.63. The standard InChI is InChI=1S/C20H22N4OS.2ClH/c21-16-6-2-1-5-14(16)7-10-19(25)22-15-8-9-17-18(13-15)26-20(23-17)24-11-3-4-12-24;;/h1-2,5-6,8-9,13H,3-4,7,10-12,21H2,(H,22,25);2*1H. The van der Waals surface area contributed by atoms with Gasteiger partial charge >= 0.3 is 0 Å². The molecule has 2 heterocycles. The van der Waals surface area contributed by atoms with Crippen molar-refractivity contribution in [3.05, 3.63) is 48.0 Å². The Bertz CT molecular complexity index is 941. The van der Waals surface area contributed by atoms with Crippen molar-refractivity contribution in [2.24, 2.45) is 0 Å². The fraction of sp³-hybridized carbons (Fsp3) is 0.300. The Morgan fingerprint density at radius 2 is 1.89 bits per heavy atom. The minimum atomic E-state index is -0.00288. The third-order valence-corrected chi connectivity index (χ3v) is 5.79. The number of nitrogens with two attached hydrogens (primary N) is 1. The number of benzene rings is 2. The number of carbonyl (C=O) groups excluding carboxylic acids is 1. The smallest absolute Gasteiger partial charge is 0.224 e. The van der Waals surface area contributed by atoms with Crippen molar-refractivity contribution >= 4 is 68.8 Å². The zero-order valence-electron chi connectivity index (χ0n) is 15.4. The molecule has 1 aliphatic rings. The van der Waals surface area contributed by atoms with Gasteiger partial charge < -0.3 is 16.0 Å². The highest BCUT2D eigenvalue weighted by atomic mass is 35.5. The molecule has 1 aromatic heterocycles. The molecule has 2 aromatic carbocycles. The lowest BCUT2D eigenvalue weighted by Gasteiger charge is -2.11. The van der Waals surface area contributed by atoms with Crippen LogP contribution in [-0.2, 0) is 11.2 Å². The predicted octanol–water partition coefficient (Wildman–Crippen LogP) is 4.89. The SMILES string of the molecule is Cl.Cl.Nc1ccccc1CCC(=O)Nc1ccc2nc(N3CCCC3)sc2c1. The van der Waals surface area contributed by atoms with E-state index >= 15 is 0 Å². The molecule has 0 radical (unpaired) electrons. The molecule has 3 N–H and O–H groups in total. The zero-order chi connectivity index (χ0) is 17.9. The van der Waals surface area contributed by atoms with Gasteiger partial charge in [0, 0.05) is 30.9 Å². The molecule has 1 fully saturated rings. The molecular weight excluding hydrogens is 415 g/mol. The summed E-state index contributed by atoms with van der Waals surface area (Å²) in [6.07, 6.45) is 3.53. The number of anilines is 3. The van der Waals surface area contributed by atoms with E-state index in [2.05, 4.69) is 10.2 Å². The molecule has 5 nitrogen and oxygen atoms in total. The quantitative estimate of drug-likeness (QED) is 0.555. The third kappa shape index (κ3) is 5.07. The van der Waals surface area contributed by atoms with Crippen molar-refractivity contribution in [1.82, 2.24) is 4.98 Å². The summed E-state index contributed by atoms with van der Waals surface area (Å²) >= 11 is 1.69. The van der Waals surface area contributed by atoms with E-state index in [1.165, 1.54) is 12.8 Å². The fourth-order valence-electron chi connectivity index (χ4n) is 3.27. The summed E-state index contributed by atoms with van der Waals surface area (Å²) in [7, 11) is 0. The van der Waals surface area contributed by atoms with E-state index in [4.69, 9.17) is 10.7 Å². The van der Waals surface area contributed by atoms with Gasteiger partial charge in [-0.3, -0.25) is 4.79 Å². The number of nitrogens with one attached hydrogen (secondary N) is 1. The Balaban J connectivity index is 0.00000140. The number of hydrogen-bond donors (Lipinski definition) is 2. The van der Waals surface area contributed by atoms with Crippen molar-refractivity contribution in [2.75, 3.05) is 29.0 Å². The van der Waals surface area contributed by atoms with E-state index < -0.39 is 0 Å². The number of halogens is 2. The van der Waals surface area contributed by atoms with Gasteiger partial charge in [-0.1, -0.05) is 29.5 Å². The second kappa shape index (κ2) is 9.96. The van der Waals surface area contributed by atoms with Gasteiger partial charge in [0.15, 0.2) is 5.13 Å². The number of fused-ring (bicyclic) bond motifs is 1. The fourth-order valence-corrected chi connectivity index (χ4v) is 4.32. The van der Waals surface area contributed by atoms with E-state index in [-0.39, 0.29) is 30.7 Å². The summed E-state index contributed by atoms with van der Waals surface area (Å²) in [4.78, 5) is 19.3. The van der Waals surface area contributed by atoms with Crippen LogP contribution in [0.2, 0.25) is 0 Å². The van der Waals surface area contributed by atoms with E-state index in [1.54, 1.807) is 11.3 Å². The lowest BCUT2D eigenvalue weighted by Crippen LogP contribution is -2.16. The molecule has 3 aromatic rings. The summed E-state index contributed by atoms with van der Waals surface area (Å²) in [5.41, 5.74) is 9.49. The van der Waals surface area contributed by atoms with Crippen LogP contribution in [0.5, 0.6) is 0 Å². The van der Waals surface area contributed by atoms with Gasteiger partial charge in [0.25, 0.3) is 0 Å². The van der Waals surface area contributed by atoms with Crippen LogP contribution in [0.1, 0.15) is 24.8 Å². The predicted molar refractivity (Wildman–Crippen MR) is 123 cm³/mol. The monoisotopic (exact) mass is 438 g/mol. The summed E-state index contributed by atoms with van der Waals surface area (Å²) in [5.74, 6) is -0.00288. The number of carbonyl (C=O) groups is 1. The molecule has 0 saturated carbocycles. The first-order chi connectivity index (χ1) is 12.7. The van der Waals surface area contributed by atoms with Gasteiger partial charge in [-0.05, 0) is 49.1 Å². The van der Waals surface area contributed by atoms with Crippen LogP contribution in [0, 0.1) is 0 Å². The summed E-state index contributed by atoms with van der Waals surface area (Å²) in [5, 5.41) is 4.07. The van der Waals surface area contributed by atoms with Crippen LogP contribution in [0.25, 0.3) is 10.2 Å². The van der Waals surface area contributed by atoms with Gasteiger partial charge in [-0.15, -0.1) is 24.8 Å². The number of hydrogen-bond acceptors (Lipinski definition) is 5. The lowest BCUT2D eigenvalue weighted by molar-refractivity contribution is -0.116. The molecule has 0 aliphatic carbocycles. The van der Waals surface area contributed by atoms with Crippen molar-refractivity contribution < 1.29 is 4.79 Å². The Kier molecular flexibility index (Phi) is 7.92. The molecule has 0 unspecified atom stereocenters. The molecule has 1 aliphatic heterocycles. The summed E-state index contributed by atoms with van der Waals surface area (Å²) in [6, 6.07) is 13.6. The van der Waals surface area contributed by atoms with Crippen LogP contribution < -0.4 is 16.0 Å². The molecule has 0 spiro atoms. The van der Waals surface area contributed by atoms with Crippen molar-refractivity contribution in [1.29, 1.82) is 0 Å². The van der Waals surface area contributed by atoms with Crippen molar-refractivity contribution in [3.8, 4) is 0 Å². The summed E-state index contributed by atoms with van der Waals surface area (Å²) < 4.78 is 1.11. The number of thiazole rings is 1. The van der Waals surface area contributed by atoms with Crippen LogP contribution in [-0.4, -0.2) is 24.0 Å². The van der Waals surface area contributed by atoms with Gasteiger partial charge in [-0.2, -0.15) is 0 Å². The molecular formula is C20H24Cl2N4OS. The van der Waals surface area contributed by atoms with E-state index in [1.807, 2.05) is 42.5 Å². The number of aromatic nitrogens is 1. The van der Waals surface area contributed by atoms with Gasteiger partial charge in [0.1, 0.15) is 0 Å². The van der Waals surface area contributed by atoms with E-state index in [0.29, 0.717) is 12.8 Å². The first-order valence-electron chi connectivity index (χ1n) is 8.98. The van der Waals surface area contributed by atoms with Crippen molar-refractivity contribution in [3.63, 3.8) is 0 Å². The maximum Gasteiger partial charge on any atom is 0.224 e. The highest BCUT2D eigenvalue weighted by Gasteiger charge is 2.16. The topological polar surface area (TPSA) is 71.2 Å². The number of nitrogen functional groups attached to an aromatic ring is 1. The number of nitrogens with zero attached hydrogens (tertiary/aromatic N) is 2. The number of para-hydroxylation sites is 1. The van der Waals surface area contributed by atoms with Crippen molar-refractivity contribution in [2.45, 2.75) is 25.7 Å². The van der Waals surface area contributed by atoms with E-state index in [0.717, 1.165) is 45.4 Å². The van der Waals surface area contributed by atoms with Crippen LogP contribution >= 0.6 is 36.2 Å². The van der Waals surface area contributed by atoms with Gasteiger partial charge in [0.05, 0.1) is 10.2 Å². The first-order valence-corrected chi connectivity index (χ1v) is 9.79. The van der Waals surface area contributed by atoms with Gasteiger partial charge in [-0.25, -0.2) is 4.98 Å². The third-order valence-electron chi connectivity index (χ3n) is 4.71. The first kappa shape index (κ1) is 22.3. The normalized spacial score (nSPS) is 13.1. The highest BCUT2D eigenvalue weighted by molar-refractivity contribution is 7.22. The Hall–Kier alpha value is -2.02. The lowest BCUT2D eigenvalue weighted by atomic mass is 10.1. The van der Waals surface area contributed by atoms with Crippen LogP contribution in [0.15, 0.2) is 42.5 Å². The Morgan fingerprint density at radius 1 is 1.14 bits per heavy atom. The second-order valence-electron chi connectivity index (χ2n) is 6.62. The average molecular weight is 439 g/mol. The van der Waals surface area contributed by atoms with Crippen LogP contribution in [0.4, 0.5) is 16.5 Å². The molecule has 8 heteroatoms. The largest absolute Gasteiger partial charge is 0.399 e. The Labute approximate surface area is 181 Å².